The minimum Gasteiger partial charge on any atom is -0.376 e. The second-order valence-corrected chi connectivity index (χ2v) is 7.07. The minimum absolute atomic E-state index is 0.0524. The van der Waals surface area contributed by atoms with Crippen LogP contribution < -0.4 is 0 Å². The van der Waals surface area contributed by atoms with Crippen LogP contribution in [-0.4, -0.2) is 35.5 Å². The van der Waals surface area contributed by atoms with Crippen LogP contribution in [0.5, 0.6) is 0 Å². The van der Waals surface area contributed by atoms with Crippen LogP contribution in [0, 0.1) is 5.92 Å². The lowest BCUT2D eigenvalue weighted by atomic mass is 9.98. The van der Waals surface area contributed by atoms with Gasteiger partial charge in [-0.15, -0.1) is 0 Å². The van der Waals surface area contributed by atoms with Crippen molar-refractivity contribution >= 4 is 21.8 Å². The van der Waals surface area contributed by atoms with Gasteiger partial charge in [0.25, 0.3) is 5.91 Å². The van der Waals surface area contributed by atoms with Gasteiger partial charge in [-0.1, -0.05) is 30.3 Å². The number of amides is 1. The maximum absolute atomic E-state index is 12.6. The molecule has 2 heterocycles. The molecular weight excluding hydrogens is 368 g/mol. The number of piperidine rings is 1. The zero-order valence-electron chi connectivity index (χ0n) is 13.5. The molecule has 0 aliphatic carbocycles. The second-order valence-electron chi connectivity index (χ2n) is 6.15. The summed E-state index contributed by atoms with van der Waals surface area (Å²) in [5.74, 6) is 0.447. The molecule has 0 spiro atoms. The fourth-order valence-corrected chi connectivity index (χ4v) is 3.38. The van der Waals surface area contributed by atoms with Crippen molar-refractivity contribution in [3.05, 3.63) is 64.4 Å². The zero-order chi connectivity index (χ0) is 16.8. The highest BCUT2D eigenvalue weighted by molar-refractivity contribution is 9.10. The molecule has 1 atom stereocenters. The van der Waals surface area contributed by atoms with E-state index in [0.29, 0.717) is 24.7 Å². The first-order valence-electron chi connectivity index (χ1n) is 8.24. The summed E-state index contributed by atoms with van der Waals surface area (Å²) in [6, 6.07) is 12.0. The first kappa shape index (κ1) is 17.1. The van der Waals surface area contributed by atoms with Gasteiger partial charge in [-0.2, -0.15) is 0 Å². The Labute approximate surface area is 151 Å². The van der Waals surface area contributed by atoms with Crippen LogP contribution >= 0.6 is 15.9 Å². The second kappa shape index (κ2) is 8.40. The molecule has 0 saturated carbocycles. The van der Waals surface area contributed by atoms with Gasteiger partial charge in [-0.25, -0.2) is 0 Å². The standard InChI is InChI=1S/C19H21BrN2O2/c20-18-9-17(10-21-11-18)19(23)22-8-4-7-16(12-22)14-24-13-15-5-2-1-3-6-15/h1-3,5-6,9-11,16H,4,7-8,12-14H2. The van der Waals surface area contributed by atoms with Crippen molar-refractivity contribution in [1.82, 2.24) is 9.88 Å². The van der Waals surface area contributed by atoms with Crippen molar-refractivity contribution in [3.8, 4) is 0 Å². The molecule has 3 rings (SSSR count). The molecule has 1 aromatic heterocycles. The Balaban J connectivity index is 1.51. The lowest BCUT2D eigenvalue weighted by molar-refractivity contribution is 0.0425. The summed E-state index contributed by atoms with van der Waals surface area (Å²) in [6.45, 7) is 2.87. The molecule has 24 heavy (non-hydrogen) atoms. The number of nitrogens with zero attached hydrogens (tertiary/aromatic N) is 2. The van der Waals surface area contributed by atoms with E-state index in [9.17, 15) is 4.79 Å². The largest absolute Gasteiger partial charge is 0.376 e. The molecule has 1 saturated heterocycles. The molecule has 1 aromatic carbocycles. The highest BCUT2D eigenvalue weighted by Crippen LogP contribution is 2.20. The average molecular weight is 389 g/mol. The zero-order valence-corrected chi connectivity index (χ0v) is 15.1. The van der Waals surface area contributed by atoms with Crippen molar-refractivity contribution < 1.29 is 9.53 Å². The third-order valence-corrected chi connectivity index (χ3v) is 4.66. The first-order chi connectivity index (χ1) is 11.7. The summed E-state index contributed by atoms with van der Waals surface area (Å²) in [6.07, 6.45) is 5.44. The summed E-state index contributed by atoms with van der Waals surface area (Å²) in [5.41, 5.74) is 1.82. The van der Waals surface area contributed by atoms with Crippen LogP contribution in [-0.2, 0) is 11.3 Å². The summed E-state index contributed by atoms with van der Waals surface area (Å²) in [7, 11) is 0. The maximum Gasteiger partial charge on any atom is 0.255 e. The van der Waals surface area contributed by atoms with Crippen LogP contribution in [0.4, 0.5) is 0 Å². The van der Waals surface area contributed by atoms with Crippen molar-refractivity contribution in [2.75, 3.05) is 19.7 Å². The molecule has 0 bridgehead atoms. The molecule has 0 N–H and O–H groups in total. The van der Waals surface area contributed by atoms with Crippen LogP contribution in [0.1, 0.15) is 28.8 Å². The molecule has 0 radical (unpaired) electrons. The predicted octanol–water partition coefficient (Wildman–Crippen LogP) is 3.91. The molecule has 126 valence electrons. The van der Waals surface area contributed by atoms with E-state index in [1.165, 1.54) is 5.56 Å². The Bertz CT molecular complexity index is 678. The monoisotopic (exact) mass is 388 g/mol. The minimum atomic E-state index is 0.0524. The molecule has 1 unspecified atom stereocenters. The number of hydrogen-bond donors (Lipinski definition) is 0. The highest BCUT2D eigenvalue weighted by atomic mass is 79.9. The fraction of sp³-hybridized carbons (Fsp3) is 0.368. The topological polar surface area (TPSA) is 42.4 Å². The number of carbonyl (C=O) groups excluding carboxylic acids is 1. The van der Waals surface area contributed by atoms with Crippen LogP contribution in [0.3, 0.4) is 0 Å². The molecule has 1 aliphatic heterocycles. The van der Waals surface area contributed by atoms with E-state index in [1.54, 1.807) is 12.4 Å². The number of ether oxygens (including phenoxy) is 1. The van der Waals surface area contributed by atoms with Gasteiger partial charge in [0.1, 0.15) is 0 Å². The number of pyridine rings is 1. The number of benzene rings is 1. The third kappa shape index (κ3) is 4.65. The van der Waals surface area contributed by atoms with Gasteiger partial charge in [0.05, 0.1) is 18.8 Å². The van der Waals surface area contributed by atoms with Crippen molar-refractivity contribution in [3.63, 3.8) is 0 Å². The van der Waals surface area contributed by atoms with E-state index < -0.39 is 0 Å². The van der Waals surface area contributed by atoms with Crippen molar-refractivity contribution in [2.24, 2.45) is 5.92 Å². The molecule has 1 amide bonds. The van der Waals surface area contributed by atoms with Crippen molar-refractivity contribution in [2.45, 2.75) is 19.4 Å². The number of rotatable bonds is 5. The Hall–Kier alpha value is -1.72. The highest BCUT2D eigenvalue weighted by Gasteiger charge is 2.24. The van der Waals surface area contributed by atoms with Gasteiger partial charge in [0.15, 0.2) is 0 Å². The van der Waals surface area contributed by atoms with E-state index in [2.05, 4.69) is 33.0 Å². The number of halogens is 1. The SMILES string of the molecule is O=C(c1cncc(Br)c1)N1CCCC(COCc2ccccc2)C1. The summed E-state index contributed by atoms with van der Waals surface area (Å²) >= 11 is 3.37. The molecule has 4 nitrogen and oxygen atoms in total. The molecule has 2 aromatic rings. The average Bonchev–Trinajstić information content (AvgIpc) is 2.62. The maximum atomic E-state index is 12.6. The third-order valence-electron chi connectivity index (χ3n) is 4.22. The normalized spacial score (nSPS) is 17.7. The van der Waals surface area contributed by atoms with Crippen LogP contribution in [0.25, 0.3) is 0 Å². The smallest absolute Gasteiger partial charge is 0.255 e. The lowest BCUT2D eigenvalue weighted by Crippen LogP contribution is -2.41. The van der Waals surface area contributed by atoms with Gasteiger partial charge in [-0.3, -0.25) is 9.78 Å². The summed E-state index contributed by atoms with van der Waals surface area (Å²) in [4.78, 5) is 18.6. The number of likely N-dealkylation sites (tertiary alicyclic amines) is 1. The predicted molar refractivity (Wildman–Crippen MR) is 96.7 cm³/mol. The van der Waals surface area contributed by atoms with E-state index in [1.807, 2.05) is 29.2 Å². The first-order valence-corrected chi connectivity index (χ1v) is 9.03. The molecule has 1 aliphatic rings. The lowest BCUT2D eigenvalue weighted by Gasteiger charge is -2.32. The summed E-state index contributed by atoms with van der Waals surface area (Å²) < 4.78 is 6.68. The number of hydrogen-bond acceptors (Lipinski definition) is 3. The number of carbonyl (C=O) groups is 1. The van der Waals surface area contributed by atoms with Crippen molar-refractivity contribution in [1.29, 1.82) is 0 Å². The molecule has 1 fully saturated rings. The van der Waals surface area contributed by atoms with Gasteiger partial charge in [0, 0.05) is 30.0 Å². The van der Waals surface area contributed by atoms with E-state index in [-0.39, 0.29) is 5.91 Å². The summed E-state index contributed by atoms with van der Waals surface area (Å²) in [5, 5.41) is 0. The van der Waals surface area contributed by atoms with Gasteiger partial charge < -0.3 is 9.64 Å². The van der Waals surface area contributed by atoms with E-state index in [0.717, 1.165) is 30.4 Å². The van der Waals surface area contributed by atoms with Crippen LogP contribution in [0.15, 0.2) is 53.3 Å². The quantitative estimate of drug-likeness (QED) is 0.779. The Kier molecular flexibility index (Phi) is 5.99. The number of aromatic nitrogens is 1. The molecule has 5 heteroatoms. The van der Waals surface area contributed by atoms with Crippen LogP contribution in [0.2, 0.25) is 0 Å². The Morgan fingerprint density at radius 2 is 2.12 bits per heavy atom. The fourth-order valence-electron chi connectivity index (χ4n) is 3.01. The Morgan fingerprint density at radius 3 is 2.92 bits per heavy atom. The van der Waals surface area contributed by atoms with Gasteiger partial charge in [-0.05, 0) is 46.3 Å². The van der Waals surface area contributed by atoms with E-state index in [4.69, 9.17) is 4.74 Å². The van der Waals surface area contributed by atoms with E-state index >= 15 is 0 Å². The molecular formula is C19H21BrN2O2. The Morgan fingerprint density at radius 1 is 1.29 bits per heavy atom. The van der Waals surface area contributed by atoms with Gasteiger partial charge >= 0.3 is 0 Å². The van der Waals surface area contributed by atoms with Gasteiger partial charge in [0.2, 0.25) is 0 Å².